The molecule has 1 rings (SSSR count). The third kappa shape index (κ3) is 3.58. The third-order valence-corrected chi connectivity index (χ3v) is 3.63. The maximum atomic E-state index is 11.1. The summed E-state index contributed by atoms with van der Waals surface area (Å²) in [7, 11) is -0.804. The van der Waals surface area contributed by atoms with Crippen molar-refractivity contribution >= 4 is 16.6 Å². The average molecular weight is 227 g/mol. The standard InChI is InChI=1S/C10H17N3OS/c1-7(15(4)14)5-12-10-6-11-8(2)9(3)13-10/h6-7H,5H2,1-4H3,(H,12,13). The van der Waals surface area contributed by atoms with Crippen LogP contribution in [0.1, 0.15) is 18.3 Å². The van der Waals surface area contributed by atoms with Crippen LogP contribution in [0.5, 0.6) is 0 Å². The predicted molar refractivity (Wildman–Crippen MR) is 63.5 cm³/mol. The fourth-order valence-electron chi connectivity index (χ4n) is 0.993. The van der Waals surface area contributed by atoms with Gasteiger partial charge in [-0.25, -0.2) is 4.98 Å². The molecular weight excluding hydrogens is 210 g/mol. The fourth-order valence-corrected chi connectivity index (χ4v) is 1.31. The van der Waals surface area contributed by atoms with Crippen LogP contribution in [0.2, 0.25) is 0 Å². The Balaban J connectivity index is 2.58. The molecule has 1 aromatic heterocycles. The molecule has 15 heavy (non-hydrogen) atoms. The van der Waals surface area contributed by atoms with Gasteiger partial charge in [0.25, 0.3) is 0 Å². The zero-order valence-corrected chi connectivity index (χ0v) is 10.4. The molecule has 1 aromatic rings. The summed E-state index contributed by atoms with van der Waals surface area (Å²) < 4.78 is 11.1. The molecule has 5 heteroatoms. The van der Waals surface area contributed by atoms with Crippen molar-refractivity contribution in [1.29, 1.82) is 0 Å². The van der Waals surface area contributed by atoms with Crippen molar-refractivity contribution in [2.24, 2.45) is 0 Å². The smallest absolute Gasteiger partial charge is 0.144 e. The number of hydrogen-bond acceptors (Lipinski definition) is 4. The second kappa shape index (κ2) is 5.21. The topological polar surface area (TPSA) is 54.9 Å². The highest BCUT2D eigenvalue weighted by molar-refractivity contribution is 7.84. The van der Waals surface area contributed by atoms with E-state index in [9.17, 15) is 4.21 Å². The Labute approximate surface area is 93.0 Å². The first-order valence-electron chi connectivity index (χ1n) is 4.87. The van der Waals surface area contributed by atoms with Crippen molar-refractivity contribution < 1.29 is 4.21 Å². The van der Waals surface area contributed by atoms with Crippen molar-refractivity contribution in [2.45, 2.75) is 26.0 Å². The maximum absolute atomic E-state index is 11.1. The molecule has 0 radical (unpaired) electrons. The summed E-state index contributed by atoms with van der Waals surface area (Å²) in [6.45, 7) is 6.45. The van der Waals surface area contributed by atoms with Crippen LogP contribution in [0.25, 0.3) is 0 Å². The molecule has 0 fully saturated rings. The van der Waals surface area contributed by atoms with E-state index in [-0.39, 0.29) is 5.25 Å². The van der Waals surface area contributed by atoms with E-state index in [1.165, 1.54) is 0 Å². The zero-order chi connectivity index (χ0) is 11.4. The molecule has 0 bridgehead atoms. The minimum Gasteiger partial charge on any atom is -0.368 e. The fraction of sp³-hybridized carbons (Fsp3) is 0.600. The lowest BCUT2D eigenvalue weighted by Gasteiger charge is -2.10. The van der Waals surface area contributed by atoms with E-state index >= 15 is 0 Å². The molecule has 2 unspecified atom stereocenters. The molecule has 0 saturated carbocycles. The normalized spacial score (nSPS) is 14.7. The molecule has 0 aromatic carbocycles. The van der Waals surface area contributed by atoms with Gasteiger partial charge in [0, 0.05) is 28.9 Å². The molecule has 1 heterocycles. The minimum absolute atomic E-state index is 0.119. The molecule has 1 N–H and O–H groups in total. The first kappa shape index (κ1) is 12.1. The Hall–Kier alpha value is -0.970. The third-order valence-electron chi connectivity index (χ3n) is 2.33. The van der Waals surface area contributed by atoms with Crippen molar-refractivity contribution in [3.63, 3.8) is 0 Å². The molecule has 0 aliphatic heterocycles. The number of hydrogen-bond donors (Lipinski definition) is 1. The van der Waals surface area contributed by atoms with Crippen molar-refractivity contribution in [2.75, 3.05) is 18.1 Å². The van der Waals surface area contributed by atoms with E-state index in [1.807, 2.05) is 20.8 Å². The van der Waals surface area contributed by atoms with Crippen LogP contribution in [-0.2, 0) is 10.8 Å². The lowest BCUT2D eigenvalue weighted by atomic mass is 10.3. The van der Waals surface area contributed by atoms with E-state index in [0.29, 0.717) is 6.54 Å². The summed E-state index contributed by atoms with van der Waals surface area (Å²) in [5, 5.41) is 3.25. The first-order valence-corrected chi connectivity index (χ1v) is 6.49. The Morgan fingerprint density at radius 2 is 2.13 bits per heavy atom. The van der Waals surface area contributed by atoms with Crippen LogP contribution in [0, 0.1) is 13.8 Å². The number of anilines is 1. The summed E-state index contributed by atoms with van der Waals surface area (Å²) in [6.07, 6.45) is 3.41. The van der Waals surface area contributed by atoms with E-state index in [1.54, 1.807) is 12.5 Å². The molecular formula is C10H17N3OS. The molecule has 84 valence electrons. The molecule has 0 aliphatic rings. The number of nitrogens with one attached hydrogen (secondary N) is 1. The SMILES string of the molecule is Cc1ncc(NCC(C)S(C)=O)nc1C. The zero-order valence-electron chi connectivity index (χ0n) is 9.57. The lowest BCUT2D eigenvalue weighted by molar-refractivity contribution is 0.678. The summed E-state index contributed by atoms with van der Waals surface area (Å²) in [6, 6.07) is 0. The van der Waals surface area contributed by atoms with Gasteiger partial charge in [-0.1, -0.05) is 0 Å². The summed E-state index contributed by atoms with van der Waals surface area (Å²) in [5.41, 5.74) is 1.86. The van der Waals surface area contributed by atoms with Crippen molar-refractivity contribution in [1.82, 2.24) is 9.97 Å². The van der Waals surface area contributed by atoms with Crippen LogP contribution in [0.3, 0.4) is 0 Å². The molecule has 0 saturated heterocycles. The van der Waals surface area contributed by atoms with Gasteiger partial charge in [-0.3, -0.25) is 9.19 Å². The van der Waals surface area contributed by atoms with E-state index in [4.69, 9.17) is 0 Å². The highest BCUT2D eigenvalue weighted by atomic mass is 32.2. The predicted octanol–water partition coefficient (Wildman–Crippen LogP) is 1.27. The van der Waals surface area contributed by atoms with Crippen LogP contribution in [0.15, 0.2) is 6.20 Å². The summed E-state index contributed by atoms with van der Waals surface area (Å²) in [4.78, 5) is 8.53. The van der Waals surface area contributed by atoms with Gasteiger partial charge < -0.3 is 5.32 Å². The lowest BCUT2D eigenvalue weighted by Crippen LogP contribution is -2.21. The van der Waals surface area contributed by atoms with E-state index in [0.717, 1.165) is 17.2 Å². The van der Waals surface area contributed by atoms with Crippen molar-refractivity contribution in [3.05, 3.63) is 17.6 Å². The Morgan fingerprint density at radius 3 is 2.67 bits per heavy atom. The number of rotatable bonds is 4. The Morgan fingerprint density at radius 1 is 1.47 bits per heavy atom. The number of aryl methyl sites for hydroxylation is 2. The van der Waals surface area contributed by atoms with Crippen LogP contribution >= 0.6 is 0 Å². The second-order valence-electron chi connectivity index (χ2n) is 3.62. The van der Waals surface area contributed by atoms with Gasteiger partial charge in [0.2, 0.25) is 0 Å². The largest absolute Gasteiger partial charge is 0.368 e. The molecule has 0 amide bonds. The molecule has 0 spiro atoms. The van der Waals surface area contributed by atoms with E-state index in [2.05, 4.69) is 15.3 Å². The van der Waals surface area contributed by atoms with Gasteiger partial charge >= 0.3 is 0 Å². The van der Waals surface area contributed by atoms with Gasteiger partial charge in [0.15, 0.2) is 0 Å². The van der Waals surface area contributed by atoms with Crippen LogP contribution in [0.4, 0.5) is 5.82 Å². The quantitative estimate of drug-likeness (QED) is 0.841. The number of aromatic nitrogens is 2. The van der Waals surface area contributed by atoms with Crippen LogP contribution < -0.4 is 5.32 Å². The summed E-state index contributed by atoms with van der Waals surface area (Å²) >= 11 is 0. The summed E-state index contributed by atoms with van der Waals surface area (Å²) in [5.74, 6) is 0.746. The average Bonchev–Trinajstić information content (AvgIpc) is 2.19. The van der Waals surface area contributed by atoms with Gasteiger partial charge in [0.1, 0.15) is 5.82 Å². The Kier molecular flexibility index (Phi) is 4.20. The molecule has 4 nitrogen and oxygen atoms in total. The highest BCUT2D eigenvalue weighted by Gasteiger charge is 2.06. The van der Waals surface area contributed by atoms with Gasteiger partial charge in [0.05, 0.1) is 17.6 Å². The highest BCUT2D eigenvalue weighted by Crippen LogP contribution is 2.06. The van der Waals surface area contributed by atoms with Crippen LogP contribution in [-0.4, -0.2) is 32.2 Å². The van der Waals surface area contributed by atoms with Crippen molar-refractivity contribution in [3.8, 4) is 0 Å². The molecule has 0 aliphatic carbocycles. The second-order valence-corrected chi connectivity index (χ2v) is 5.42. The Bertz CT molecular complexity index is 368. The van der Waals surface area contributed by atoms with Gasteiger partial charge in [-0.15, -0.1) is 0 Å². The number of nitrogens with zero attached hydrogens (tertiary/aromatic N) is 2. The van der Waals surface area contributed by atoms with Gasteiger partial charge in [-0.2, -0.15) is 0 Å². The van der Waals surface area contributed by atoms with E-state index < -0.39 is 10.8 Å². The van der Waals surface area contributed by atoms with Gasteiger partial charge in [-0.05, 0) is 20.8 Å². The minimum atomic E-state index is -0.804. The monoisotopic (exact) mass is 227 g/mol. The molecule has 2 atom stereocenters. The first-order chi connectivity index (χ1) is 7.00. The maximum Gasteiger partial charge on any atom is 0.144 e.